The van der Waals surface area contributed by atoms with Crippen molar-refractivity contribution in [2.24, 2.45) is 0 Å². The molecule has 0 aliphatic heterocycles. The second-order valence-electron chi connectivity index (χ2n) is 2.94. The van der Waals surface area contributed by atoms with Crippen molar-refractivity contribution in [2.75, 3.05) is 6.61 Å². The Labute approximate surface area is 80.2 Å². The molecule has 0 bridgehead atoms. The van der Waals surface area contributed by atoms with Gasteiger partial charge in [0.25, 0.3) is 0 Å². The normalized spacial score (nSPS) is 13.0. The first kappa shape index (κ1) is 8.89. The lowest BCUT2D eigenvalue weighted by atomic mass is 10.2. The van der Waals surface area contributed by atoms with Crippen LogP contribution in [0.3, 0.4) is 0 Å². The van der Waals surface area contributed by atoms with Gasteiger partial charge in [0.05, 0.1) is 6.61 Å². The molecule has 0 radical (unpaired) electrons. The van der Waals surface area contributed by atoms with Gasteiger partial charge in [-0.3, -0.25) is 0 Å². The summed E-state index contributed by atoms with van der Waals surface area (Å²) in [7, 11) is 0. The smallest absolute Gasteiger partial charge is 0.137 e. The van der Waals surface area contributed by atoms with Gasteiger partial charge in [-0.2, -0.15) is 5.10 Å². The molecular weight excluding hydrogens is 184 g/mol. The van der Waals surface area contributed by atoms with Crippen molar-refractivity contribution in [2.45, 2.75) is 13.0 Å². The third-order valence-electron chi connectivity index (χ3n) is 1.92. The van der Waals surface area contributed by atoms with Crippen molar-refractivity contribution < 1.29 is 9.63 Å². The molecule has 6 nitrogen and oxygen atoms in total. The highest BCUT2D eigenvalue weighted by atomic mass is 16.5. The molecule has 0 aromatic carbocycles. The van der Waals surface area contributed by atoms with Crippen LogP contribution in [0.4, 0.5) is 0 Å². The molecule has 2 aromatic heterocycles. The summed E-state index contributed by atoms with van der Waals surface area (Å²) < 4.78 is 6.46. The Bertz CT molecular complexity index is 395. The number of rotatable bonds is 3. The predicted molar refractivity (Wildman–Crippen MR) is 46.5 cm³/mol. The number of aromatic nitrogens is 4. The maximum atomic E-state index is 9.19. The van der Waals surface area contributed by atoms with Gasteiger partial charge in [-0.25, -0.2) is 9.67 Å². The molecule has 0 saturated heterocycles. The maximum absolute atomic E-state index is 9.19. The van der Waals surface area contributed by atoms with Crippen LogP contribution >= 0.6 is 0 Å². The molecule has 0 aliphatic carbocycles. The fourth-order valence-corrected chi connectivity index (χ4v) is 1.23. The van der Waals surface area contributed by atoms with E-state index in [-0.39, 0.29) is 12.6 Å². The monoisotopic (exact) mass is 194 g/mol. The molecule has 0 saturated carbocycles. The van der Waals surface area contributed by atoms with E-state index in [9.17, 15) is 5.11 Å². The molecule has 1 atom stereocenters. The molecule has 2 rings (SSSR count). The number of aliphatic hydroxyl groups is 1. The molecular formula is C8H10N4O2. The van der Waals surface area contributed by atoms with Crippen LogP contribution in [-0.2, 0) is 0 Å². The van der Waals surface area contributed by atoms with Crippen molar-refractivity contribution in [3.63, 3.8) is 0 Å². The summed E-state index contributed by atoms with van der Waals surface area (Å²) in [5, 5.41) is 16.9. The van der Waals surface area contributed by atoms with E-state index in [0.29, 0.717) is 11.5 Å². The molecule has 14 heavy (non-hydrogen) atoms. The Morgan fingerprint density at radius 1 is 1.64 bits per heavy atom. The third-order valence-corrected chi connectivity index (χ3v) is 1.92. The molecule has 2 aromatic rings. The van der Waals surface area contributed by atoms with Crippen molar-refractivity contribution in [3.05, 3.63) is 30.2 Å². The Morgan fingerprint density at radius 2 is 2.50 bits per heavy atom. The lowest BCUT2D eigenvalue weighted by molar-refractivity contribution is 0.233. The van der Waals surface area contributed by atoms with Crippen LogP contribution in [0.25, 0.3) is 0 Å². The first-order chi connectivity index (χ1) is 6.81. The van der Waals surface area contributed by atoms with E-state index in [1.54, 1.807) is 13.0 Å². The highest BCUT2D eigenvalue weighted by Crippen LogP contribution is 2.15. The van der Waals surface area contributed by atoms with E-state index in [1.807, 2.05) is 0 Å². The van der Waals surface area contributed by atoms with Gasteiger partial charge < -0.3 is 9.63 Å². The van der Waals surface area contributed by atoms with E-state index >= 15 is 0 Å². The van der Waals surface area contributed by atoms with Crippen LogP contribution in [0.2, 0.25) is 0 Å². The van der Waals surface area contributed by atoms with Gasteiger partial charge in [0.1, 0.15) is 30.2 Å². The third kappa shape index (κ3) is 1.51. The molecule has 0 amide bonds. The molecule has 1 unspecified atom stereocenters. The average molecular weight is 194 g/mol. The SMILES string of the molecule is Cc1cc(C(CO)n2cncn2)no1. The minimum atomic E-state index is -0.324. The summed E-state index contributed by atoms with van der Waals surface area (Å²) in [5.41, 5.74) is 0.649. The Morgan fingerprint density at radius 3 is 3.00 bits per heavy atom. The Kier molecular flexibility index (Phi) is 2.28. The van der Waals surface area contributed by atoms with Gasteiger partial charge in [0.2, 0.25) is 0 Å². The van der Waals surface area contributed by atoms with Gasteiger partial charge in [-0.15, -0.1) is 0 Å². The van der Waals surface area contributed by atoms with Crippen molar-refractivity contribution in [1.29, 1.82) is 0 Å². The zero-order valence-corrected chi connectivity index (χ0v) is 7.66. The molecule has 1 N–H and O–H groups in total. The number of hydrogen-bond acceptors (Lipinski definition) is 5. The average Bonchev–Trinajstić information content (AvgIpc) is 2.79. The largest absolute Gasteiger partial charge is 0.394 e. The van der Waals surface area contributed by atoms with Crippen LogP contribution in [0.5, 0.6) is 0 Å². The fraction of sp³-hybridized carbons (Fsp3) is 0.375. The van der Waals surface area contributed by atoms with Gasteiger partial charge in [0.15, 0.2) is 0 Å². The number of nitrogens with zero attached hydrogens (tertiary/aromatic N) is 4. The lowest BCUT2D eigenvalue weighted by Crippen LogP contribution is -2.15. The Balaban J connectivity index is 2.31. The molecule has 2 heterocycles. The summed E-state index contributed by atoms with van der Waals surface area (Å²) in [5.74, 6) is 0.707. The fourth-order valence-electron chi connectivity index (χ4n) is 1.23. The van der Waals surface area contributed by atoms with E-state index in [0.717, 1.165) is 0 Å². The quantitative estimate of drug-likeness (QED) is 0.752. The van der Waals surface area contributed by atoms with E-state index in [4.69, 9.17) is 4.52 Å². The molecule has 74 valence electrons. The van der Waals surface area contributed by atoms with E-state index < -0.39 is 0 Å². The molecule has 0 fully saturated rings. The summed E-state index contributed by atoms with van der Waals surface area (Å²) in [6.07, 6.45) is 2.94. The summed E-state index contributed by atoms with van der Waals surface area (Å²) in [4.78, 5) is 3.81. The lowest BCUT2D eigenvalue weighted by Gasteiger charge is -2.09. The molecule has 6 heteroatoms. The summed E-state index contributed by atoms with van der Waals surface area (Å²) in [6, 6.07) is 1.44. The predicted octanol–water partition coefficient (Wildman–Crippen LogP) is 0.156. The van der Waals surface area contributed by atoms with Crippen molar-refractivity contribution in [1.82, 2.24) is 19.9 Å². The first-order valence-electron chi connectivity index (χ1n) is 4.19. The van der Waals surface area contributed by atoms with Gasteiger partial charge in [-0.1, -0.05) is 5.16 Å². The van der Waals surface area contributed by atoms with Crippen LogP contribution in [0.1, 0.15) is 17.5 Å². The first-order valence-corrected chi connectivity index (χ1v) is 4.19. The molecule has 0 aliphatic rings. The minimum absolute atomic E-state index is 0.0880. The summed E-state index contributed by atoms with van der Waals surface area (Å²) >= 11 is 0. The number of aryl methyl sites for hydroxylation is 1. The van der Waals surface area contributed by atoms with Crippen LogP contribution in [0.15, 0.2) is 23.2 Å². The number of hydrogen-bond donors (Lipinski definition) is 1. The standard InChI is InChI=1S/C8H10N4O2/c1-6-2-7(11-14-6)8(3-13)12-5-9-4-10-12/h2,4-5,8,13H,3H2,1H3. The zero-order chi connectivity index (χ0) is 9.97. The van der Waals surface area contributed by atoms with Crippen molar-refractivity contribution >= 4 is 0 Å². The van der Waals surface area contributed by atoms with Crippen LogP contribution < -0.4 is 0 Å². The molecule has 0 spiro atoms. The minimum Gasteiger partial charge on any atom is -0.394 e. The van der Waals surface area contributed by atoms with Crippen LogP contribution in [-0.4, -0.2) is 31.6 Å². The van der Waals surface area contributed by atoms with E-state index in [1.165, 1.54) is 17.3 Å². The van der Waals surface area contributed by atoms with Gasteiger partial charge in [-0.05, 0) is 6.92 Å². The second kappa shape index (κ2) is 3.59. The highest BCUT2D eigenvalue weighted by Gasteiger charge is 2.16. The second-order valence-corrected chi connectivity index (χ2v) is 2.94. The number of aliphatic hydroxyl groups excluding tert-OH is 1. The maximum Gasteiger partial charge on any atom is 0.137 e. The topological polar surface area (TPSA) is 77.0 Å². The Hall–Kier alpha value is -1.69. The van der Waals surface area contributed by atoms with Crippen LogP contribution in [0, 0.1) is 6.92 Å². The zero-order valence-electron chi connectivity index (χ0n) is 7.66. The van der Waals surface area contributed by atoms with Gasteiger partial charge in [0, 0.05) is 6.07 Å². The summed E-state index contributed by atoms with van der Waals surface area (Å²) in [6.45, 7) is 1.71. The highest BCUT2D eigenvalue weighted by molar-refractivity contribution is 5.09. The van der Waals surface area contributed by atoms with Crippen molar-refractivity contribution in [3.8, 4) is 0 Å². The van der Waals surface area contributed by atoms with E-state index in [2.05, 4.69) is 15.2 Å². The van der Waals surface area contributed by atoms with Gasteiger partial charge >= 0.3 is 0 Å².